The molecule has 0 aliphatic carbocycles. The van der Waals surface area contributed by atoms with Gasteiger partial charge in [-0.2, -0.15) is 0 Å². The van der Waals surface area contributed by atoms with Crippen molar-refractivity contribution in [2.24, 2.45) is 0 Å². The van der Waals surface area contributed by atoms with E-state index in [9.17, 15) is 0 Å². The summed E-state index contributed by atoms with van der Waals surface area (Å²) in [5.41, 5.74) is 0.270. The molecule has 0 aromatic rings. The van der Waals surface area contributed by atoms with E-state index in [1.54, 1.807) is 0 Å². The molecule has 0 radical (unpaired) electrons. The summed E-state index contributed by atoms with van der Waals surface area (Å²) in [6.07, 6.45) is 1.99. The standard InChI is InChI=1S/C10H20N2/c1-5-6-12-9(2)7-11-8-10(12,3)4/h5,9,11H,1,6-8H2,2-4H3. The maximum absolute atomic E-state index is 3.79. The van der Waals surface area contributed by atoms with Crippen LogP contribution in [0, 0.1) is 0 Å². The van der Waals surface area contributed by atoms with Crippen LogP contribution in [0.2, 0.25) is 0 Å². The van der Waals surface area contributed by atoms with Crippen LogP contribution >= 0.6 is 0 Å². The highest BCUT2D eigenvalue weighted by Crippen LogP contribution is 2.19. The number of hydrogen-bond donors (Lipinski definition) is 1. The Balaban J connectivity index is 2.66. The van der Waals surface area contributed by atoms with E-state index < -0.39 is 0 Å². The number of nitrogens with one attached hydrogen (secondary N) is 1. The zero-order valence-corrected chi connectivity index (χ0v) is 8.43. The lowest BCUT2D eigenvalue weighted by molar-refractivity contribution is 0.0581. The SMILES string of the molecule is C=CCN1C(C)CNCC1(C)C. The van der Waals surface area contributed by atoms with Crippen molar-refractivity contribution in [3.8, 4) is 0 Å². The van der Waals surface area contributed by atoms with E-state index in [4.69, 9.17) is 0 Å². The third kappa shape index (κ3) is 1.87. The van der Waals surface area contributed by atoms with Gasteiger partial charge in [0.15, 0.2) is 0 Å². The van der Waals surface area contributed by atoms with Crippen LogP contribution in [0.1, 0.15) is 20.8 Å². The lowest BCUT2D eigenvalue weighted by Gasteiger charge is -2.46. The van der Waals surface area contributed by atoms with Crippen molar-refractivity contribution in [1.29, 1.82) is 0 Å². The van der Waals surface area contributed by atoms with Crippen LogP contribution in [0.3, 0.4) is 0 Å². The molecule has 1 rings (SSSR count). The molecule has 12 heavy (non-hydrogen) atoms. The molecule has 1 fully saturated rings. The van der Waals surface area contributed by atoms with Gasteiger partial charge in [-0.15, -0.1) is 6.58 Å². The molecule has 0 spiro atoms. The molecule has 2 heteroatoms. The van der Waals surface area contributed by atoms with E-state index in [2.05, 4.69) is 37.6 Å². The van der Waals surface area contributed by atoms with Crippen LogP contribution in [-0.2, 0) is 0 Å². The Bertz CT molecular complexity index is 163. The Morgan fingerprint density at radius 3 is 2.83 bits per heavy atom. The smallest absolute Gasteiger partial charge is 0.0284 e. The van der Waals surface area contributed by atoms with Crippen molar-refractivity contribution in [2.45, 2.75) is 32.4 Å². The van der Waals surface area contributed by atoms with Gasteiger partial charge in [-0.3, -0.25) is 4.90 Å². The number of nitrogens with zero attached hydrogens (tertiary/aromatic N) is 1. The van der Waals surface area contributed by atoms with Gasteiger partial charge in [-0.05, 0) is 20.8 Å². The van der Waals surface area contributed by atoms with Crippen molar-refractivity contribution in [3.63, 3.8) is 0 Å². The average molecular weight is 168 g/mol. The maximum Gasteiger partial charge on any atom is 0.0284 e. The van der Waals surface area contributed by atoms with Gasteiger partial charge in [-0.1, -0.05) is 6.08 Å². The van der Waals surface area contributed by atoms with Gasteiger partial charge in [0.1, 0.15) is 0 Å². The van der Waals surface area contributed by atoms with Gasteiger partial charge in [0, 0.05) is 31.2 Å². The zero-order chi connectivity index (χ0) is 9.19. The minimum Gasteiger partial charge on any atom is -0.313 e. The van der Waals surface area contributed by atoms with Crippen molar-refractivity contribution in [1.82, 2.24) is 10.2 Å². The van der Waals surface area contributed by atoms with E-state index in [1.165, 1.54) is 0 Å². The highest BCUT2D eigenvalue weighted by molar-refractivity contribution is 4.95. The summed E-state index contributed by atoms with van der Waals surface area (Å²) in [5, 5.41) is 3.44. The third-order valence-electron chi connectivity index (χ3n) is 2.63. The molecule has 1 unspecified atom stereocenters. The zero-order valence-electron chi connectivity index (χ0n) is 8.43. The van der Waals surface area contributed by atoms with E-state index in [-0.39, 0.29) is 5.54 Å². The second-order valence-electron chi connectivity index (χ2n) is 4.23. The number of hydrogen-bond acceptors (Lipinski definition) is 2. The second kappa shape index (κ2) is 3.58. The molecule has 0 aromatic heterocycles. The highest BCUT2D eigenvalue weighted by Gasteiger charge is 2.32. The molecule has 0 bridgehead atoms. The maximum atomic E-state index is 3.79. The third-order valence-corrected chi connectivity index (χ3v) is 2.63. The Hall–Kier alpha value is -0.340. The van der Waals surface area contributed by atoms with E-state index in [0.717, 1.165) is 19.6 Å². The summed E-state index contributed by atoms with van der Waals surface area (Å²) in [4.78, 5) is 2.50. The molecule has 1 aliphatic heterocycles. The molecular formula is C10H20N2. The topological polar surface area (TPSA) is 15.3 Å². The summed E-state index contributed by atoms with van der Waals surface area (Å²) < 4.78 is 0. The molecule has 0 amide bonds. The van der Waals surface area contributed by atoms with E-state index >= 15 is 0 Å². The van der Waals surface area contributed by atoms with Crippen LogP contribution in [0.25, 0.3) is 0 Å². The van der Waals surface area contributed by atoms with Gasteiger partial charge in [0.05, 0.1) is 0 Å². The van der Waals surface area contributed by atoms with Gasteiger partial charge in [-0.25, -0.2) is 0 Å². The summed E-state index contributed by atoms with van der Waals surface area (Å²) in [6.45, 7) is 13.8. The fourth-order valence-corrected chi connectivity index (χ4v) is 1.96. The van der Waals surface area contributed by atoms with Crippen LogP contribution in [0.15, 0.2) is 12.7 Å². The fraction of sp³-hybridized carbons (Fsp3) is 0.800. The average Bonchev–Trinajstić information content (AvgIpc) is 1.97. The largest absolute Gasteiger partial charge is 0.313 e. The predicted octanol–water partition coefficient (Wildman–Crippen LogP) is 1.24. The molecule has 1 atom stereocenters. The van der Waals surface area contributed by atoms with Crippen LogP contribution in [-0.4, -0.2) is 36.1 Å². The van der Waals surface area contributed by atoms with Crippen molar-refractivity contribution < 1.29 is 0 Å². The number of rotatable bonds is 2. The normalized spacial score (nSPS) is 30.1. The quantitative estimate of drug-likeness (QED) is 0.624. The summed E-state index contributed by atoms with van der Waals surface area (Å²) in [7, 11) is 0. The Morgan fingerprint density at radius 1 is 1.67 bits per heavy atom. The predicted molar refractivity (Wildman–Crippen MR) is 53.3 cm³/mol. The van der Waals surface area contributed by atoms with E-state index in [0.29, 0.717) is 6.04 Å². The summed E-state index contributed by atoms with van der Waals surface area (Å²) in [6, 6.07) is 0.617. The first-order valence-corrected chi connectivity index (χ1v) is 4.66. The molecule has 1 aliphatic rings. The number of piperazine rings is 1. The van der Waals surface area contributed by atoms with Gasteiger partial charge < -0.3 is 5.32 Å². The first-order chi connectivity index (χ1) is 5.58. The molecule has 0 aromatic carbocycles. The van der Waals surface area contributed by atoms with Gasteiger partial charge in [0.2, 0.25) is 0 Å². The second-order valence-corrected chi connectivity index (χ2v) is 4.23. The molecule has 1 N–H and O–H groups in total. The van der Waals surface area contributed by atoms with Crippen LogP contribution < -0.4 is 5.32 Å². The fourth-order valence-electron chi connectivity index (χ4n) is 1.96. The van der Waals surface area contributed by atoms with Gasteiger partial charge in [0.25, 0.3) is 0 Å². The molecule has 70 valence electrons. The van der Waals surface area contributed by atoms with Crippen molar-refractivity contribution >= 4 is 0 Å². The van der Waals surface area contributed by atoms with Crippen molar-refractivity contribution in [2.75, 3.05) is 19.6 Å². The molecular weight excluding hydrogens is 148 g/mol. The van der Waals surface area contributed by atoms with Gasteiger partial charge >= 0.3 is 0 Å². The molecule has 2 nitrogen and oxygen atoms in total. The van der Waals surface area contributed by atoms with Crippen LogP contribution in [0.5, 0.6) is 0 Å². The minimum atomic E-state index is 0.270. The lowest BCUT2D eigenvalue weighted by Crippen LogP contribution is -2.61. The first kappa shape index (κ1) is 9.75. The molecule has 1 heterocycles. The van der Waals surface area contributed by atoms with Crippen LogP contribution in [0.4, 0.5) is 0 Å². The minimum absolute atomic E-state index is 0.270. The van der Waals surface area contributed by atoms with E-state index in [1.807, 2.05) is 6.08 Å². The van der Waals surface area contributed by atoms with Crippen molar-refractivity contribution in [3.05, 3.63) is 12.7 Å². The summed E-state index contributed by atoms with van der Waals surface area (Å²) >= 11 is 0. The summed E-state index contributed by atoms with van der Waals surface area (Å²) in [5.74, 6) is 0. The molecule has 1 saturated heterocycles. The first-order valence-electron chi connectivity index (χ1n) is 4.66. The highest BCUT2D eigenvalue weighted by atomic mass is 15.3. The Kier molecular flexibility index (Phi) is 2.91. The Morgan fingerprint density at radius 2 is 2.33 bits per heavy atom. The molecule has 0 saturated carbocycles. The Labute approximate surface area is 75.6 Å². The lowest BCUT2D eigenvalue weighted by atomic mass is 9.97. The monoisotopic (exact) mass is 168 g/mol.